The van der Waals surface area contributed by atoms with Gasteiger partial charge in [0.05, 0.1) is 18.0 Å². The standard InChI is InChI=1S/C23H25FN4O3/c1-16-22(17-6-4-3-5-7-17)23(28(27-16)19-10-8-18(24)9-11-19)26-21(30)13-12-20(29)25-14-15-31-2/h3-11H,12-15H2,1-2H3,(H,25,29)(H,26,30). The molecule has 0 aliphatic heterocycles. The Balaban J connectivity index is 1.85. The normalized spacial score (nSPS) is 10.7. The molecule has 0 saturated carbocycles. The zero-order valence-electron chi connectivity index (χ0n) is 17.5. The van der Waals surface area contributed by atoms with Crippen LogP contribution in [0.1, 0.15) is 18.5 Å². The number of anilines is 1. The van der Waals surface area contributed by atoms with Gasteiger partial charge in [0.25, 0.3) is 0 Å². The number of nitrogens with zero attached hydrogens (tertiary/aromatic N) is 2. The van der Waals surface area contributed by atoms with Gasteiger partial charge in [0.2, 0.25) is 11.8 Å². The summed E-state index contributed by atoms with van der Waals surface area (Å²) in [5.74, 6) is -0.429. The number of benzene rings is 2. The fourth-order valence-corrected chi connectivity index (χ4v) is 3.16. The van der Waals surface area contributed by atoms with E-state index >= 15 is 0 Å². The number of ether oxygens (including phenoxy) is 1. The average molecular weight is 424 g/mol. The monoisotopic (exact) mass is 424 g/mol. The van der Waals surface area contributed by atoms with E-state index in [0.29, 0.717) is 30.4 Å². The Morgan fingerprint density at radius 2 is 1.71 bits per heavy atom. The molecule has 7 nitrogen and oxygen atoms in total. The van der Waals surface area contributed by atoms with Crippen molar-refractivity contribution in [3.8, 4) is 16.8 Å². The summed E-state index contributed by atoms with van der Waals surface area (Å²) in [6.45, 7) is 2.65. The van der Waals surface area contributed by atoms with Crippen molar-refractivity contribution >= 4 is 17.6 Å². The first kappa shape index (κ1) is 22.2. The number of aromatic nitrogens is 2. The second-order valence-corrected chi connectivity index (χ2v) is 6.95. The summed E-state index contributed by atoms with van der Waals surface area (Å²) in [6, 6.07) is 15.4. The summed E-state index contributed by atoms with van der Waals surface area (Å²) >= 11 is 0. The Kier molecular flexibility index (Phi) is 7.50. The van der Waals surface area contributed by atoms with Crippen LogP contribution >= 0.6 is 0 Å². The maximum Gasteiger partial charge on any atom is 0.226 e. The maximum atomic E-state index is 13.4. The fraction of sp³-hybridized carbons (Fsp3) is 0.261. The molecule has 162 valence electrons. The first-order chi connectivity index (χ1) is 15.0. The molecule has 31 heavy (non-hydrogen) atoms. The lowest BCUT2D eigenvalue weighted by atomic mass is 10.1. The summed E-state index contributed by atoms with van der Waals surface area (Å²) in [5.41, 5.74) is 2.98. The van der Waals surface area contributed by atoms with E-state index in [1.165, 1.54) is 12.1 Å². The van der Waals surface area contributed by atoms with Crippen LogP contribution in [0.15, 0.2) is 54.6 Å². The van der Waals surface area contributed by atoms with Crippen molar-refractivity contribution in [3.05, 3.63) is 66.1 Å². The summed E-state index contributed by atoms with van der Waals surface area (Å²) in [5, 5.41) is 10.2. The Labute approximate surface area is 180 Å². The number of hydrogen-bond donors (Lipinski definition) is 2. The number of amides is 2. The van der Waals surface area contributed by atoms with E-state index in [9.17, 15) is 14.0 Å². The van der Waals surface area contributed by atoms with Crippen LogP contribution in [0.2, 0.25) is 0 Å². The number of rotatable bonds is 9. The molecule has 3 rings (SSSR count). The van der Waals surface area contributed by atoms with Crippen molar-refractivity contribution in [1.29, 1.82) is 0 Å². The Hall–Kier alpha value is -3.52. The van der Waals surface area contributed by atoms with E-state index in [2.05, 4.69) is 15.7 Å². The fourth-order valence-electron chi connectivity index (χ4n) is 3.16. The molecule has 1 heterocycles. The molecule has 0 bridgehead atoms. The maximum absolute atomic E-state index is 13.4. The average Bonchev–Trinajstić information content (AvgIpc) is 3.09. The van der Waals surface area contributed by atoms with Crippen molar-refractivity contribution in [2.24, 2.45) is 0 Å². The van der Waals surface area contributed by atoms with Gasteiger partial charge in [0, 0.05) is 32.1 Å². The Morgan fingerprint density at radius 1 is 1.03 bits per heavy atom. The number of halogens is 1. The smallest absolute Gasteiger partial charge is 0.226 e. The van der Waals surface area contributed by atoms with Crippen molar-refractivity contribution < 1.29 is 18.7 Å². The molecular weight excluding hydrogens is 399 g/mol. The minimum atomic E-state index is -0.360. The highest BCUT2D eigenvalue weighted by Gasteiger charge is 2.20. The van der Waals surface area contributed by atoms with Gasteiger partial charge < -0.3 is 15.4 Å². The van der Waals surface area contributed by atoms with E-state index in [1.54, 1.807) is 23.9 Å². The number of hydrogen-bond acceptors (Lipinski definition) is 4. The molecule has 1 aromatic heterocycles. The molecule has 0 fully saturated rings. The van der Waals surface area contributed by atoms with Crippen LogP contribution in [0.3, 0.4) is 0 Å². The van der Waals surface area contributed by atoms with E-state index in [0.717, 1.165) is 11.1 Å². The molecule has 0 unspecified atom stereocenters. The van der Waals surface area contributed by atoms with E-state index in [-0.39, 0.29) is 30.5 Å². The zero-order chi connectivity index (χ0) is 22.2. The molecule has 0 saturated heterocycles. The lowest BCUT2D eigenvalue weighted by Gasteiger charge is -2.12. The Bertz CT molecular complexity index is 1030. The molecule has 8 heteroatoms. The van der Waals surface area contributed by atoms with Crippen LogP contribution in [-0.2, 0) is 14.3 Å². The molecule has 2 N–H and O–H groups in total. The first-order valence-corrected chi connectivity index (χ1v) is 9.96. The summed E-state index contributed by atoms with van der Waals surface area (Å²) in [7, 11) is 1.55. The van der Waals surface area contributed by atoms with Gasteiger partial charge in [-0.1, -0.05) is 30.3 Å². The SMILES string of the molecule is COCCNC(=O)CCC(=O)Nc1c(-c2ccccc2)c(C)nn1-c1ccc(F)cc1. The van der Waals surface area contributed by atoms with Crippen LogP contribution < -0.4 is 10.6 Å². The van der Waals surface area contributed by atoms with Crippen molar-refractivity contribution in [1.82, 2.24) is 15.1 Å². The second-order valence-electron chi connectivity index (χ2n) is 6.95. The molecule has 0 radical (unpaired) electrons. The van der Waals surface area contributed by atoms with Gasteiger partial charge in [-0.2, -0.15) is 5.10 Å². The van der Waals surface area contributed by atoms with Crippen LogP contribution in [-0.4, -0.2) is 41.9 Å². The van der Waals surface area contributed by atoms with Gasteiger partial charge in [-0.05, 0) is 36.8 Å². The second kappa shape index (κ2) is 10.5. The van der Waals surface area contributed by atoms with E-state index in [4.69, 9.17) is 4.74 Å². The van der Waals surface area contributed by atoms with Gasteiger partial charge in [-0.15, -0.1) is 0 Å². The highest BCUT2D eigenvalue weighted by Crippen LogP contribution is 2.33. The van der Waals surface area contributed by atoms with Crippen LogP contribution in [0, 0.1) is 12.7 Å². The molecule has 2 aromatic carbocycles. The van der Waals surface area contributed by atoms with Crippen LogP contribution in [0.25, 0.3) is 16.8 Å². The third-order valence-corrected chi connectivity index (χ3v) is 4.66. The van der Waals surface area contributed by atoms with Gasteiger partial charge in [-0.25, -0.2) is 9.07 Å². The van der Waals surface area contributed by atoms with Gasteiger partial charge in [0.1, 0.15) is 11.6 Å². The predicted molar refractivity (Wildman–Crippen MR) is 116 cm³/mol. The molecule has 2 amide bonds. The highest BCUT2D eigenvalue weighted by atomic mass is 19.1. The van der Waals surface area contributed by atoms with E-state index < -0.39 is 0 Å². The van der Waals surface area contributed by atoms with Crippen molar-refractivity contribution in [2.75, 3.05) is 25.6 Å². The highest BCUT2D eigenvalue weighted by molar-refractivity contribution is 5.96. The largest absolute Gasteiger partial charge is 0.383 e. The molecule has 0 spiro atoms. The minimum Gasteiger partial charge on any atom is -0.383 e. The van der Waals surface area contributed by atoms with Gasteiger partial charge in [0.15, 0.2) is 0 Å². The van der Waals surface area contributed by atoms with Gasteiger partial charge in [-0.3, -0.25) is 9.59 Å². The minimum absolute atomic E-state index is 0.0146. The number of nitrogens with one attached hydrogen (secondary N) is 2. The lowest BCUT2D eigenvalue weighted by Crippen LogP contribution is -2.28. The van der Waals surface area contributed by atoms with Crippen LogP contribution in [0.4, 0.5) is 10.2 Å². The van der Waals surface area contributed by atoms with E-state index in [1.807, 2.05) is 37.3 Å². The number of aryl methyl sites for hydroxylation is 1. The van der Waals surface area contributed by atoms with Gasteiger partial charge >= 0.3 is 0 Å². The summed E-state index contributed by atoms with van der Waals surface area (Å²) < 4.78 is 19.9. The molecule has 0 aliphatic rings. The zero-order valence-corrected chi connectivity index (χ0v) is 17.5. The summed E-state index contributed by atoms with van der Waals surface area (Å²) in [4.78, 5) is 24.5. The summed E-state index contributed by atoms with van der Waals surface area (Å²) in [6.07, 6.45) is 0.0700. The third kappa shape index (κ3) is 5.76. The molecular formula is C23H25FN4O3. The Morgan fingerprint density at radius 3 is 2.39 bits per heavy atom. The molecule has 0 aliphatic carbocycles. The lowest BCUT2D eigenvalue weighted by molar-refractivity contribution is -0.124. The van der Waals surface area contributed by atoms with Crippen LogP contribution in [0.5, 0.6) is 0 Å². The van der Waals surface area contributed by atoms with Crippen molar-refractivity contribution in [3.63, 3.8) is 0 Å². The number of carbonyl (C=O) groups is 2. The predicted octanol–water partition coefficient (Wildman–Crippen LogP) is 3.47. The number of carbonyl (C=O) groups excluding carboxylic acids is 2. The number of methoxy groups -OCH3 is 1. The first-order valence-electron chi connectivity index (χ1n) is 9.96. The molecule has 3 aromatic rings. The third-order valence-electron chi connectivity index (χ3n) is 4.66. The molecule has 0 atom stereocenters. The topological polar surface area (TPSA) is 85.2 Å². The quantitative estimate of drug-likeness (QED) is 0.515. The van der Waals surface area contributed by atoms with Crippen molar-refractivity contribution in [2.45, 2.75) is 19.8 Å².